The lowest BCUT2D eigenvalue weighted by atomic mass is 10.1. The molecule has 3 rings (SSSR count). The molecule has 0 spiro atoms. The molecule has 7 heteroatoms. The Hall–Kier alpha value is -2.38. The Morgan fingerprint density at radius 1 is 1.33 bits per heavy atom. The average molecular weight is 329 g/mol. The Bertz CT molecular complexity index is 728. The van der Waals surface area contributed by atoms with Gasteiger partial charge in [0.25, 0.3) is 5.91 Å². The standard InChI is InChI=1S/C17H23N5O2/c18-13-4-1-3-12-14(11-15(17(19)23)21-16(12)13)20-5-2-6-22-7-9-24-10-8-22/h1,3-4,11H,2,5-10,18H2,(H2,19,23)(H,20,21). The van der Waals surface area contributed by atoms with Crippen LogP contribution in [0.15, 0.2) is 24.3 Å². The van der Waals surface area contributed by atoms with Gasteiger partial charge >= 0.3 is 0 Å². The number of amides is 1. The molecule has 1 aliphatic heterocycles. The number of morpholine rings is 1. The van der Waals surface area contributed by atoms with Crippen LogP contribution in [0.2, 0.25) is 0 Å². The SMILES string of the molecule is NC(=O)c1cc(NCCCN2CCOCC2)c2cccc(N)c2n1. The van der Waals surface area contributed by atoms with Crippen molar-refractivity contribution in [3.05, 3.63) is 30.0 Å². The minimum atomic E-state index is -0.559. The van der Waals surface area contributed by atoms with Gasteiger partial charge < -0.3 is 21.5 Å². The number of ether oxygens (including phenoxy) is 1. The highest BCUT2D eigenvalue weighted by atomic mass is 16.5. The molecule has 2 heterocycles. The van der Waals surface area contributed by atoms with Crippen LogP contribution in [0.3, 0.4) is 0 Å². The first-order valence-electron chi connectivity index (χ1n) is 8.18. The topological polar surface area (TPSA) is 106 Å². The maximum absolute atomic E-state index is 11.5. The number of primary amides is 1. The third-order valence-electron chi connectivity index (χ3n) is 4.19. The molecule has 0 unspecified atom stereocenters. The normalized spacial score (nSPS) is 15.5. The van der Waals surface area contributed by atoms with E-state index in [0.29, 0.717) is 11.2 Å². The fraction of sp³-hybridized carbons (Fsp3) is 0.412. The van der Waals surface area contributed by atoms with E-state index < -0.39 is 5.91 Å². The van der Waals surface area contributed by atoms with Crippen LogP contribution in [0.5, 0.6) is 0 Å². The Morgan fingerprint density at radius 2 is 2.12 bits per heavy atom. The van der Waals surface area contributed by atoms with Crippen LogP contribution in [0, 0.1) is 0 Å². The number of para-hydroxylation sites is 1. The Labute approximate surface area is 141 Å². The number of pyridine rings is 1. The van der Waals surface area contributed by atoms with E-state index in [0.717, 1.165) is 56.9 Å². The van der Waals surface area contributed by atoms with Gasteiger partial charge in [-0.05, 0) is 25.1 Å². The van der Waals surface area contributed by atoms with Crippen LogP contribution in [-0.4, -0.2) is 55.2 Å². The zero-order valence-electron chi connectivity index (χ0n) is 13.6. The Kier molecular flexibility index (Phi) is 5.12. The second-order valence-electron chi connectivity index (χ2n) is 5.90. The molecule has 0 bridgehead atoms. The summed E-state index contributed by atoms with van der Waals surface area (Å²) in [4.78, 5) is 18.2. The summed E-state index contributed by atoms with van der Waals surface area (Å²) in [5, 5.41) is 4.28. The predicted molar refractivity (Wildman–Crippen MR) is 95.0 cm³/mol. The molecule has 0 aliphatic carbocycles. The monoisotopic (exact) mass is 329 g/mol. The maximum atomic E-state index is 11.5. The minimum absolute atomic E-state index is 0.219. The number of benzene rings is 1. The van der Waals surface area contributed by atoms with Crippen LogP contribution >= 0.6 is 0 Å². The number of hydrogen-bond acceptors (Lipinski definition) is 6. The molecule has 5 N–H and O–H groups in total. The van der Waals surface area contributed by atoms with Crippen LogP contribution in [0.25, 0.3) is 10.9 Å². The number of anilines is 2. The molecule has 2 aromatic rings. The number of nitrogens with one attached hydrogen (secondary N) is 1. The summed E-state index contributed by atoms with van der Waals surface area (Å²) >= 11 is 0. The number of carbonyl (C=O) groups is 1. The van der Waals surface area contributed by atoms with Gasteiger partial charge in [-0.15, -0.1) is 0 Å². The van der Waals surface area contributed by atoms with E-state index in [2.05, 4.69) is 15.2 Å². The fourth-order valence-electron chi connectivity index (χ4n) is 2.89. The highest BCUT2D eigenvalue weighted by Gasteiger charge is 2.12. The summed E-state index contributed by atoms with van der Waals surface area (Å²) in [6, 6.07) is 7.27. The predicted octanol–water partition coefficient (Wildman–Crippen LogP) is 1.05. The zero-order chi connectivity index (χ0) is 16.9. The lowest BCUT2D eigenvalue weighted by molar-refractivity contribution is 0.0378. The van der Waals surface area contributed by atoms with E-state index in [9.17, 15) is 4.79 Å². The number of nitrogens with zero attached hydrogens (tertiary/aromatic N) is 2. The first-order chi connectivity index (χ1) is 11.6. The molecule has 1 saturated heterocycles. The summed E-state index contributed by atoms with van der Waals surface area (Å²) < 4.78 is 5.35. The molecule has 1 aromatic heterocycles. The molecule has 1 aromatic carbocycles. The lowest BCUT2D eigenvalue weighted by Gasteiger charge is -2.26. The number of rotatable bonds is 6. The Morgan fingerprint density at radius 3 is 2.88 bits per heavy atom. The molecule has 0 radical (unpaired) electrons. The summed E-state index contributed by atoms with van der Waals surface area (Å²) in [7, 11) is 0. The number of aromatic nitrogens is 1. The number of nitrogens with two attached hydrogens (primary N) is 2. The van der Waals surface area contributed by atoms with Crippen molar-refractivity contribution < 1.29 is 9.53 Å². The van der Waals surface area contributed by atoms with Crippen molar-refractivity contribution in [3.8, 4) is 0 Å². The molecular formula is C17H23N5O2. The summed E-state index contributed by atoms with van der Waals surface area (Å²) in [6.07, 6.45) is 0.998. The first kappa shape index (κ1) is 16.5. The molecule has 1 amide bonds. The van der Waals surface area contributed by atoms with Crippen molar-refractivity contribution in [1.82, 2.24) is 9.88 Å². The van der Waals surface area contributed by atoms with Crippen molar-refractivity contribution in [2.75, 3.05) is 50.4 Å². The molecule has 24 heavy (non-hydrogen) atoms. The highest BCUT2D eigenvalue weighted by molar-refractivity contribution is 6.02. The van der Waals surface area contributed by atoms with E-state index in [1.54, 1.807) is 12.1 Å². The molecule has 0 atom stereocenters. The van der Waals surface area contributed by atoms with E-state index in [4.69, 9.17) is 16.2 Å². The Balaban J connectivity index is 1.70. The largest absolute Gasteiger partial charge is 0.397 e. The van der Waals surface area contributed by atoms with E-state index in [1.165, 1.54) is 0 Å². The number of carbonyl (C=O) groups excluding carboxylic acids is 1. The van der Waals surface area contributed by atoms with Gasteiger partial charge in [0.15, 0.2) is 0 Å². The van der Waals surface area contributed by atoms with Crippen molar-refractivity contribution >= 4 is 28.2 Å². The highest BCUT2D eigenvalue weighted by Crippen LogP contribution is 2.27. The molecule has 128 valence electrons. The van der Waals surface area contributed by atoms with Crippen LogP contribution in [0.1, 0.15) is 16.9 Å². The molecule has 0 saturated carbocycles. The quantitative estimate of drug-likeness (QED) is 0.540. The summed E-state index contributed by atoms with van der Waals surface area (Å²) in [5.74, 6) is -0.559. The molecule has 7 nitrogen and oxygen atoms in total. The van der Waals surface area contributed by atoms with Gasteiger partial charge in [-0.1, -0.05) is 12.1 Å². The third kappa shape index (κ3) is 3.74. The van der Waals surface area contributed by atoms with Crippen molar-refractivity contribution in [2.24, 2.45) is 5.73 Å². The molecule has 1 aliphatic rings. The average Bonchev–Trinajstić information content (AvgIpc) is 2.60. The van der Waals surface area contributed by atoms with Gasteiger partial charge in [0.1, 0.15) is 5.69 Å². The third-order valence-corrected chi connectivity index (χ3v) is 4.19. The lowest BCUT2D eigenvalue weighted by Crippen LogP contribution is -2.37. The van der Waals surface area contributed by atoms with Crippen LogP contribution in [0.4, 0.5) is 11.4 Å². The summed E-state index contributed by atoms with van der Waals surface area (Å²) in [6.45, 7) is 5.40. The van der Waals surface area contributed by atoms with Gasteiger partial charge in [0, 0.05) is 30.7 Å². The van der Waals surface area contributed by atoms with Gasteiger partial charge in [-0.3, -0.25) is 9.69 Å². The van der Waals surface area contributed by atoms with Crippen molar-refractivity contribution in [1.29, 1.82) is 0 Å². The number of fused-ring (bicyclic) bond motifs is 1. The van der Waals surface area contributed by atoms with Crippen molar-refractivity contribution in [2.45, 2.75) is 6.42 Å². The van der Waals surface area contributed by atoms with Gasteiger partial charge in [-0.25, -0.2) is 4.98 Å². The van der Waals surface area contributed by atoms with Crippen LogP contribution < -0.4 is 16.8 Å². The second kappa shape index (κ2) is 7.46. The minimum Gasteiger partial charge on any atom is -0.397 e. The maximum Gasteiger partial charge on any atom is 0.267 e. The fourth-order valence-corrected chi connectivity index (χ4v) is 2.89. The second-order valence-corrected chi connectivity index (χ2v) is 5.90. The number of hydrogen-bond donors (Lipinski definition) is 3. The van der Waals surface area contributed by atoms with Crippen molar-refractivity contribution in [3.63, 3.8) is 0 Å². The van der Waals surface area contributed by atoms with Gasteiger partial charge in [0.2, 0.25) is 0 Å². The van der Waals surface area contributed by atoms with E-state index in [1.807, 2.05) is 12.1 Å². The number of nitrogen functional groups attached to an aromatic ring is 1. The molecule has 1 fully saturated rings. The smallest absolute Gasteiger partial charge is 0.267 e. The van der Waals surface area contributed by atoms with Crippen LogP contribution in [-0.2, 0) is 4.74 Å². The zero-order valence-corrected chi connectivity index (χ0v) is 13.6. The van der Waals surface area contributed by atoms with E-state index >= 15 is 0 Å². The van der Waals surface area contributed by atoms with Gasteiger partial charge in [-0.2, -0.15) is 0 Å². The first-order valence-corrected chi connectivity index (χ1v) is 8.18. The summed E-state index contributed by atoms with van der Waals surface area (Å²) in [5.41, 5.74) is 13.6. The van der Waals surface area contributed by atoms with Gasteiger partial charge in [0.05, 0.1) is 24.4 Å². The van der Waals surface area contributed by atoms with E-state index in [-0.39, 0.29) is 5.69 Å². The molecular weight excluding hydrogens is 306 g/mol.